The van der Waals surface area contributed by atoms with Gasteiger partial charge in [0.1, 0.15) is 0 Å². The van der Waals surface area contributed by atoms with E-state index in [1.807, 2.05) is 0 Å². The lowest BCUT2D eigenvalue weighted by atomic mass is 10.2. The van der Waals surface area contributed by atoms with Crippen molar-refractivity contribution in [2.24, 2.45) is 0 Å². The Hall–Kier alpha value is -2.42. The molecule has 0 aromatic heterocycles. The zero-order valence-corrected chi connectivity index (χ0v) is 17.2. The van der Waals surface area contributed by atoms with Crippen LogP contribution in [0.25, 0.3) is 0 Å². The fraction of sp³-hybridized carbons (Fsp3) is 0.263. The number of hydrogen-bond acceptors (Lipinski definition) is 5. The van der Waals surface area contributed by atoms with Gasteiger partial charge in [0.15, 0.2) is 6.10 Å². The Bertz CT molecular complexity index is 976. The summed E-state index contributed by atoms with van der Waals surface area (Å²) in [5, 5.41) is 2.92. The molecule has 0 bridgehead atoms. The molecule has 0 saturated carbocycles. The molecule has 2 aromatic rings. The van der Waals surface area contributed by atoms with E-state index in [2.05, 4.69) is 10.0 Å². The van der Waals surface area contributed by atoms with E-state index >= 15 is 0 Å². The lowest BCUT2D eigenvalue weighted by Crippen LogP contribution is -2.31. The van der Waals surface area contributed by atoms with Gasteiger partial charge in [-0.3, -0.25) is 4.79 Å². The molecule has 0 spiro atoms. The summed E-state index contributed by atoms with van der Waals surface area (Å²) in [7, 11) is -3.76. The molecule has 150 valence electrons. The summed E-state index contributed by atoms with van der Waals surface area (Å²) in [6.07, 6.45) is -1.11. The normalized spacial score (nSPS) is 12.5. The zero-order chi connectivity index (χ0) is 20.9. The number of halogens is 1. The van der Waals surface area contributed by atoms with Gasteiger partial charge in [-0.25, -0.2) is 17.9 Å². The van der Waals surface area contributed by atoms with Gasteiger partial charge in [0.05, 0.1) is 21.2 Å². The summed E-state index contributed by atoms with van der Waals surface area (Å²) in [4.78, 5) is 24.5. The second kappa shape index (κ2) is 9.18. The molecule has 0 heterocycles. The standard InChI is InChI=1S/C19H21ClN2O5S/c1-12(2)22-28(25,26)15-8-6-7-14(11-15)19(24)27-13(3)18(23)21-17-10-5-4-9-16(17)20/h4-13,22H,1-3H3,(H,21,23). The van der Waals surface area contributed by atoms with Gasteiger partial charge in [-0.1, -0.05) is 29.8 Å². The second-order valence-corrected chi connectivity index (χ2v) is 8.44. The first kappa shape index (κ1) is 21.9. The number of nitrogens with one attached hydrogen (secondary N) is 2. The Kier molecular flexibility index (Phi) is 7.17. The molecule has 0 radical (unpaired) electrons. The maximum absolute atomic E-state index is 12.3. The molecule has 1 unspecified atom stereocenters. The Labute approximate surface area is 169 Å². The molecule has 9 heteroatoms. The van der Waals surface area contributed by atoms with Crippen molar-refractivity contribution < 1.29 is 22.7 Å². The number of carbonyl (C=O) groups is 2. The maximum atomic E-state index is 12.3. The van der Waals surface area contributed by atoms with Crippen molar-refractivity contribution in [2.45, 2.75) is 37.8 Å². The number of para-hydroxylation sites is 1. The third-order valence-electron chi connectivity index (χ3n) is 3.56. The lowest BCUT2D eigenvalue weighted by Gasteiger charge is -2.15. The summed E-state index contributed by atoms with van der Waals surface area (Å²) in [5.74, 6) is -1.38. The van der Waals surface area contributed by atoms with Gasteiger partial charge < -0.3 is 10.1 Å². The number of rotatable bonds is 7. The average molecular weight is 425 g/mol. The van der Waals surface area contributed by atoms with Crippen LogP contribution in [-0.4, -0.2) is 32.4 Å². The van der Waals surface area contributed by atoms with Crippen molar-refractivity contribution in [1.29, 1.82) is 0 Å². The van der Waals surface area contributed by atoms with Crippen LogP contribution in [0, 0.1) is 0 Å². The van der Waals surface area contributed by atoms with E-state index in [-0.39, 0.29) is 16.5 Å². The molecule has 2 N–H and O–H groups in total. The molecule has 1 amide bonds. The van der Waals surface area contributed by atoms with Gasteiger partial charge in [0.25, 0.3) is 5.91 Å². The molecule has 0 aliphatic heterocycles. The summed E-state index contributed by atoms with van der Waals surface area (Å²) in [6, 6.07) is 11.8. The van der Waals surface area contributed by atoms with Crippen molar-refractivity contribution in [3.63, 3.8) is 0 Å². The first-order chi connectivity index (χ1) is 13.1. The summed E-state index contributed by atoms with van der Waals surface area (Å²) < 4.78 is 32.1. The van der Waals surface area contributed by atoms with Gasteiger partial charge in [-0.2, -0.15) is 0 Å². The van der Waals surface area contributed by atoms with Crippen LogP contribution in [0.3, 0.4) is 0 Å². The number of benzene rings is 2. The third-order valence-corrected chi connectivity index (χ3v) is 5.54. The van der Waals surface area contributed by atoms with Crippen molar-refractivity contribution >= 4 is 39.2 Å². The Morgan fingerprint density at radius 3 is 2.36 bits per heavy atom. The van der Waals surface area contributed by atoms with Gasteiger partial charge in [-0.15, -0.1) is 0 Å². The molecule has 0 aliphatic carbocycles. The molecule has 0 aliphatic rings. The number of amides is 1. The van der Waals surface area contributed by atoms with E-state index in [9.17, 15) is 18.0 Å². The van der Waals surface area contributed by atoms with E-state index in [4.69, 9.17) is 16.3 Å². The minimum atomic E-state index is -3.76. The van der Waals surface area contributed by atoms with Gasteiger partial charge in [0, 0.05) is 6.04 Å². The molecule has 0 fully saturated rings. The van der Waals surface area contributed by atoms with Crippen LogP contribution in [-0.2, 0) is 19.6 Å². The van der Waals surface area contributed by atoms with Crippen LogP contribution < -0.4 is 10.0 Å². The summed E-state index contributed by atoms with van der Waals surface area (Å²) >= 11 is 5.99. The van der Waals surface area contributed by atoms with Crippen molar-refractivity contribution in [1.82, 2.24) is 4.72 Å². The number of esters is 1. The van der Waals surface area contributed by atoms with E-state index < -0.39 is 28.0 Å². The van der Waals surface area contributed by atoms with Gasteiger partial charge >= 0.3 is 5.97 Å². The minimum Gasteiger partial charge on any atom is -0.449 e. The van der Waals surface area contributed by atoms with Crippen LogP contribution in [0.1, 0.15) is 31.1 Å². The van der Waals surface area contributed by atoms with Gasteiger partial charge in [-0.05, 0) is 51.1 Å². The van der Waals surface area contributed by atoms with Crippen molar-refractivity contribution in [3.05, 3.63) is 59.1 Å². The molecule has 2 rings (SSSR count). The molecular formula is C19H21ClN2O5S. The third kappa shape index (κ3) is 5.79. The molecule has 1 atom stereocenters. The van der Waals surface area contributed by atoms with E-state index in [1.165, 1.54) is 31.2 Å². The SMILES string of the molecule is CC(C)NS(=O)(=O)c1cccc(C(=O)OC(C)C(=O)Nc2ccccc2Cl)c1. The first-order valence-corrected chi connectivity index (χ1v) is 10.3. The van der Waals surface area contributed by atoms with Crippen molar-refractivity contribution in [3.8, 4) is 0 Å². The van der Waals surface area contributed by atoms with Crippen LogP contribution in [0.15, 0.2) is 53.4 Å². The second-order valence-electron chi connectivity index (χ2n) is 6.32. The predicted octanol–water partition coefficient (Wildman–Crippen LogP) is 3.21. The minimum absolute atomic E-state index is 0.0176. The molecule has 0 saturated heterocycles. The zero-order valence-electron chi connectivity index (χ0n) is 15.6. The number of carbonyl (C=O) groups excluding carboxylic acids is 2. The number of hydrogen-bond donors (Lipinski definition) is 2. The highest BCUT2D eigenvalue weighted by molar-refractivity contribution is 7.89. The monoisotopic (exact) mass is 424 g/mol. The predicted molar refractivity (Wildman–Crippen MR) is 107 cm³/mol. The highest BCUT2D eigenvalue weighted by Gasteiger charge is 2.22. The smallest absolute Gasteiger partial charge is 0.338 e. The van der Waals surface area contributed by atoms with E-state index in [1.54, 1.807) is 38.1 Å². The Balaban J connectivity index is 2.09. The molecule has 2 aromatic carbocycles. The van der Waals surface area contributed by atoms with Crippen LogP contribution in [0.2, 0.25) is 5.02 Å². The summed E-state index contributed by atoms with van der Waals surface area (Å²) in [6.45, 7) is 4.79. The average Bonchev–Trinajstić information content (AvgIpc) is 2.62. The Morgan fingerprint density at radius 2 is 1.71 bits per heavy atom. The summed E-state index contributed by atoms with van der Waals surface area (Å²) in [5.41, 5.74) is 0.411. The number of ether oxygens (including phenoxy) is 1. The quantitative estimate of drug-likeness (QED) is 0.664. The van der Waals surface area contributed by atoms with Crippen LogP contribution >= 0.6 is 11.6 Å². The van der Waals surface area contributed by atoms with Crippen LogP contribution in [0.4, 0.5) is 5.69 Å². The fourth-order valence-electron chi connectivity index (χ4n) is 2.25. The molecule has 28 heavy (non-hydrogen) atoms. The van der Waals surface area contributed by atoms with Gasteiger partial charge in [0.2, 0.25) is 10.0 Å². The first-order valence-electron chi connectivity index (χ1n) is 8.49. The van der Waals surface area contributed by atoms with E-state index in [0.29, 0.717) is 10.7 Å². The lowest BCUT2D eigenvalue weighted by molar-refractivity contribution is -0.123. The van der Waals surface area contributed by atoms with E-state index in [0.717, 1.165) is 0 Å². The Morgan fingerprint density at radius 1 is 1.04 bits per heavy atom. The molecule has 7 nitrogen and oxygen atoms in total. The maximum Gasteiger partial charge on any atom is 0.338 e. The van der Waals surface area contributed by atoms with Crippen molar-refractivity contribution in [2.75, 3.05) is 5.32 Å². The highest BCUT2D eigenvalue weighted by Crippen LogP contribution is 2.21. The number of anilines is 1. The highest BCUT2D eigenvalue weighted by atomic mass is 35.5. The topological polar surface area (TPSA) is 102 Å². The molecular weight excluding hydrogens is 404 g/mol. The largest absolute Gasteiger partial charge is 0.449 e. The van der Waals surface area contributed by atoms with Crippen LogP contribution in [0.5, 0.6) is 0 Å². The number of sulfonamides is 1. The fourth-order valence-corrected chi connectivity index (χ4v) is 3.73.